The Morgan fingerprint density at radius 2 is 1.95 bits per heavy atom. The van der Waals surface area contributed by atoms with Gasteiger partial charge in [0.25, 0.3) is 0 Å². The molecule has 0 spiro atoms. The van der Waals surface area contributed by atoms with Crippen molar-refractivity contribution in [2.24, 2.45) is 29.1 Å². The van der Waals surface area contributed by atoms with E-state index in [0.29, 0.717) is 11.7 Å². The normalized spacial score (nSPS) is 51.0. The maximum absolute atomic E-state index is 11.6. The van der Waals surface area contributed by atoms with Crippen molar-refractivity contribution in [3.05, 3.63) is 11.6 Å². The van der Waals surface area contributed by atoms with Gasteiger partial charge in [0, 0.05) is 6.42 Å². The van der Waals surface area contributed by atoms with Gasteiger partial charge in [0.2, 0.25) is 0 Å². The number of rotatable bonds is 0. The third kappa shape index (κ3) is 1.70. The molecule has 3 saturated carbocycles. The molecule has 0 aromatic rings. The van der Waals surface area contributed by atoms with Crippen LogP contribution < -0.4 is 0 Å². The summed E-state index contributed by atoms with van der Waals surface area (Å²) < 4.78 is 0. The summed E-state index contributed by atoms with van der Waals surface area (Å²) in [5, 5.41) is 10.4. The van der Waals surface area contributed by atoms with Crippen molar-refractivity contribution in [1.29, 1.82) is 0 Å². The van der Waals surface area contributed by atoms with Crippen LogP contribution in [0.15, 0.2) is 11.6 Å². The first-order chi connectivity index (χ1) is 9.59. The first kappa shape index (κ1) is 13.1. The summed E-state index contributed by atoms with van der Waals surface area (Å²) in [7, 11) is 0. The fourth-order valence-electron chi connectivity index (χ4n) is 6.15. The fourth-order valence-corrected chi connectivity index (χ4v) is 6.15. The van der Waals surface area contributed by atoms with E-state index in [4.69, 9.17) is 0 Å². The summed E-state index contributed by atoms with van der Waals surface area (Å²) in [6.45, 7) is 2.33. The van der Waals surface area contributed by atoms with Gasteiger partial charge in [-0.2, -0.15) is 0 Å². The van der Waals surface area contributed by atoms with Gasteiger partial charge in [-0.3, -0.25) is 4.79 Å². The molecule has 3 fully saturated rings. The molecule has 0 amide bonds. The Balaban J connectivity index is 1.63. The monoisotopic (exact) mass is 274 g/mol. The van der Waals surface area contributed by atoms with Gasteiger partial charge in [-0.25, -0.2) is 0 Å². The van der Waals surface area contributed by atoms with Gasteiger partial charge in [-0.15, -0.1) is 0 Å². The number of ketones is 1. The lowest BCUT2D eigenvalue weighted by Gasteiger charge is -2.53. The number of carbonyl (C=O) groups is 1. The van der Waals surface area contributed by atoms with Gasteiger partial charge < -0.3 is 5.11 Å². The minimum atomic E-state index is -0.0710. The number of hydrogen-bond donors (Lipinski definition) is 1. The molecule has 4 aliphatic rings. The zero-order valence-electron chi connectivity index (χ0n) is 12.5. The van der Waals surface area contributed by atoms with Gasteiger partial charge in [0.05, 0.1) is 6.10 Å². The summed E-state index contributed by atoms with van der Waals surface area (Å²) in [6.07, 6.45) is 10.9. The summed E-state index contributed by atoms with van der Waals surface area (Å²) in [5.74, 6) is 3.38. The first-order valence-corrected chi connectivity index (χ1v) is 8.51. The average molecular weight is 274 g/mol. The summed E-state index contributed by atoms with van der Waals surface area (Å²) in [4.78, 5) is 11.6. The van der Waals surface area contributed by atoms with E-state index >= 15 is 0 Å². The number of hydrogen-bond acceptors (Lipinski definition) is 2. The van der Waals surface area contributed by atoms with Crippen LogP contribution >= 0.6 is 0 Å². The van der Waals surface area contributed by atoms with E-state index in [1.165, 1.54) is 31.3 Å². The minimum Gasteiger partial charge on any atom is -0.393 e. The number of carbonyl (C=O) groups excluding carboxylic acids is 1. The molecule has 0 saturated heterocycles. The van der Waals surface area contributed by atoms with Crippen molar-refractivity contribution >= 4 is 5.78 Å². The highest BCUT2D eigenvalue weighted by Crippen LogP contribution is 2.61. The van der Waals surface area contributed by atoms with Crippen molar-refractivity contribution in [1.82, 2.24) is 0 Å². The van der Waals surface area contributed by atoms with Crippen molar-refractivity contribution in [3.8, 4) is 0 Å². The lowest BCUT2D eigenvalue weighted by molar-refractivity contribution is -0.116. The Labute approximate surface area is 121 Å². The Hall–Kier alpha value is -0.630. The molecule has 1 N–H and O–H groups in total. The van der Waals surface area contributed by atoms with Gasteiger partial charge >= 0.3 is 0 Å². The molecule has 0 aromatic heterocycles. The molecule has 20 heavy (non-hydrogen) atoms. The van der Waals surface area contributed by atoms with E-state index in [1.807, 2.05) is 6.08 Å². The molecule has 2 nitrogen and oxygen atoms in total. The van der Waals surface area contributed by atoms with Gasteiger partial charge in [0.1, 0.15) is 0 Å². The van der Waals surface area contributed by atoms with Crippen LogP contribution in [0.2, 0.25) is 0 Å². The van der Waals surface area contributed by atoms with Crippen LogP contribution in [0.1, 0.15) is 58.3 Å². The first-order valence-electron chi connectivity index (χ1n) is 8.51. The van der Waals surface area contributed by atoms with E-state index in [1.54, 1.807) is 0 Å². The molecule has 4 aliphatic carbocycles. The van der Waals surface area contributed by atoms with E-state index in [0.717, 1.165) is 43.4 Å². The van der Waals surface area contributed by atoms with Gasteiger partial charge in [-0.05, 0) is 80.1 Å². The summed E-state index contributed by atoms with van der Waals surface area (Å²) >= 11 is 0. The van der Waals surface area contributed by atoms with Crippen molar-refractivity contribution in [2.75, 3.05) is 0 Å². The van der Waals surface area contributed by atoms with E-state index in [-0.39, 0.29) is 11.5 Å². The van der Waals surface area contributed by atoms with Crippen LogP contribution in [-0.2, 0) is 4.79 Å². The summed E-state index contributed by atoms with van der Waals surface area (Å²) in [5.41, 5.74) is 1.65. The largest absolute Gasteiger partial charge is 0.393 e. The highest BCUT2D eigenvalue weighted by Gasteiger charge is 2.55. The molecule has 0 unspecified atom stereocenters. The third-order valence-electron chi connectivity index (χ3n) is 7.25. The Morgan fingerprint density at radius 1 is 1.10 bits per heavy atom. The second-order valence-electron chi connectivity index (χ2n) is 7.94. The molecule has 0 bridgehead atoms. The van der Waals surface area contributed by atoms with E-state index < -0.39 is 0 Å². The number of aliphatic hydroxyl groups is 1. The Kier molecular flexibility index (Phi) is 2.89. The molecule has 2 heteroatoms. The summed E-state index contributed by atoms with van der Waals surface area (Å²) in [6, 6.07) is 0. The minimum absolute atomic E-state index is 0.0710. The molecule has 110 valence electrons. The van der Waals surface area contributed by atoms with Crippen LogP contribution in [-0.4, -0.2) is 17.0 Å². The molecule has 6 atom stereocenters. The SMILES string of the molecule is C[C@@]12CC[C@@H]3[C@H](CCC4=CC(=O)CC[C@H]43)[C@H]1CC[C@@H]2O. The number of aliphatic hydroxyl groups excluding tert-OH is 1. The van der Waals surface area contributed by atoms with Crippen molar-refractivity contribution < 1.29 is 9.90 Å². The van der Waals surface area contributed by atoms with Crippen LogP contribution in [0, 0.1) is 29.1 Å². The average Bonchev–Trinajstić information content (AvgIpc) is 2.74. The maximum Gasteiger partial charge on any atom is 0.155 e. The van der Waals surface area contributed by atoms with E-state index in [2.05, 4.69) is 6.92 Å². The van der Waals surface area contributed by atoms with Crippen LogP contribution in [0.5, 0.6) is 0 Å². The quantitative estimate of drug-likeness (QED) is 0.734. The second kappa shape index (κ2) is 4.43. The number of fused-ring (bicyclic) bond motifs is 5. The molecular formula is C18H26O2. The standard InChI is InChI=1S/C18H26O2/c1-18-9-8-14-13-5-3-12(19)10-11(13)2-4-15(14)16(18)6-7-17(18)20/h10,13-17,20H,2-9H2,1H3/t13-,14+,15+,16-,17+,18-/m1/s1. The zero-order valence-corrected chi connectivity index (χ0v) is 12.5. The molecule has 0 heterocycles. The molecule has 0 aliphatic heterocycles. The predicted octanol–water partition coefficient (Wildman–Crippen LogP) is 3.49. The highest BCUT2D eigenvalue weighted by atomic mass is 16.3. The van der Waals surface area contributed by atoms with Crippen LogP contribution in [0.3, 0.4) is 0 Å². The van der Waals surface area contributed by atoms with Gasteiger partial charge in [0.15, 0.2) is 5.78 Å². The van der Waals surface area contributed by atoms with Crippen LogP contribution in [0.4, 0.5) is 0 Å². The molecule has 4 rings (SSSR count). The molecule has 0 aromatic carbocycles. The molecular weight excluding hydrogens is 248 g/mol. The lowest BCUT2D eigenvalue weighted by Crippen LogP contribution is -2.47. The second-order valence-corrected chi connectivity index (χ2v) is 7.94. The smallest absolute Gasteiger partial charge is 0.155 e. The van der Waals surface area contributed by atoms with Crippen LogP contribution in [0.25, 0.3) is 0 Å². The topological polar surface area (TPSA) is 37.3 Å². The maximum atomic E-state index is 11.6. The van der Waals surface area contributed by atoms with E-state index in [9.17, 15) is 9.90 Å². The predicted molar refractivity (Wildman–Crippen MR) is 78.1 cm³/mol. The van der Waals surface area contributed by atoms with Crippen molar-refractivity contribution in [2.45, 2.75) is 64.4 Å². The van der Waals surface area contributed by atoms with Crippen molar-refractivity contribution in [3.63, 3.8) is 0 Å². The van der Waals surface area contributed by atoms with Gasteiger partial charge in [-0.1, -0.05) is 12.5 Å². The lowest BCUT2D eigenvalue weighted by atomic mass is 9.52. The molecule has 0 radical (unpaired) electrons. The Bertz CT molecular complexity index is 466. The number of allylic oxidation sites excluding steroid dienone is 1. The highest BCUT2D eigenvalue weighted by molar-refractivity contribution is 5.91. The Morgan fingerprint density at radius 3 is 2.80 bits per heavy atom. The zero-order chi connectivity index (χ0) is 13.9. The third-order valence-corrected chi connectivity index (χ3v) is 7.25. The fraction of sp³-hybridized carbons (Fsp3) is 0.833.